The number of carbonyl (C=O) groups excluding carboxylic acids is 1. The van der Waals surface area contributed by atoms with E-state index in [9.17, 15) is 9.18 Å². The lowest BCUT2D eigenvalue weighted by Crippen LogP contribution is -2.04. The second-order valence-electron chi connectivity index (χ2n) is 3.15. The molecule has 2 aromatic heterocycles. The molecule has 0 unspecified atom stereocenters. The average Bonchev–Trinajstić information content (AvgIpc) is 2.64. The standard InChI is InChI=1S/C11H8FNOS/c1-7-5-15-6-9(7)11(14)8-2-3-13-4-10(8)12/h2-6H,1H3. The first kappa shape index (κ1) is 9.98. The van der Waals surface area contributed by atoms with Crippen molar-refractivity contribution in [1.29, 1.82) is 0 Å². The largest absolute Gasteiger partial charge is 0.288 e. The van der Waals surface area contributed by atoms with Gasteiger partial charge in [0, 0.05) is 17.1 Å². The molecule has 0 amide bonds. The highest BCUT2D eigenvalue weighted by atomic mass is 32.1. The Kier molecular flexibility index (Phi) is 2.60. The molecule has 0 saturated carbocycles. The van der Waals surface area contributed by atoms with Crippen LogP contribution in [-0.2, 0) is 0 Å². The minimum absolute atomic E-state index is 0.0755. The topological polar surface area (TPSA) is 30.0 Å². The molecule has 0 spiro atoms. The number of thiophene rings is 1. The second kappa shape index (κ2) is 3.90. The lowest BCUT2D eigenvalue weighted by atomic mass is 10.0. The minimum Gasteiger partial charge on any atom is -0.288 e. The van der Waals surface area contributed by atoms with Crippen LogP contribution in [0.1, 0.15) is 21.5 Å². The Labute approximate surface area is 90.4 Å². The summed E-state index contributed by atoms with van der Waals surface area (Å²) in [6, 6.07) is 1.40. The van der Waals surface area contributed by atoms with Gasteiger partial charge in [-0.25, -0.2) is 4.39 Å². The molecule has 2 nitrogen and oxygen atoms in total. The van der Waals surface area contributed by atoms with Gasteiger partial charge in [-0.2, -0.15) is 11.3 Å². The highest BCUT2D eigenvalue weighted by Crippen LogP contribution is 2.19. The molecule has 15 heavy (non-hydrogen) atoms. The maximum absolute atomic E-state index is 13.3. The fourth-order valence-electron chi connectivity index (χ4n) is 1.30. The van der Waals surface area contributed by atoms with Crippen LogP contribution in [0.3, 0.4) is 0 Å². The van der Waals surface area contributed by atoms with Crippen LogP contribution in [0, 0.1) is 12.7 Å². The molecule has 0 radical (unpaired) electrons. The Balaban J connectivity index is 2.46. The van der Waals surface area contributed by atoms with Crippen LogP contribution in [0.25, 0.3) is 0 Å². The van der Waals surface area contributed by atoms with Crippen molar-refractivity contribution >= 4 is 17.1 Å². The number of rotatable bonds is 2. The zero-order chi connectivity index (χ0) is 10.8. The highest BCUT2D eigenvalue weighted by Gasteiger charge is 2.15. The molecule has 0 bridgehead atoms. The van der Waals surface area contributed by atoms with Crippen molar-refractivity contribution in [3.63, 3.8) is 0 Å². The predicted octanol–water partition coefficient (Wildman–Crippen LogP) is 2.82. The summed E-state index contributed by atoms with van der Waals surface area (Å²) in [4.78, 5) is 15.5. The van der Waals surface area contributed by atoms with Gasteiger partial charge in [-0.1, -0.05) is 0 Å². The highest BCUT2D eigenvalue weighted by molar-refractivity contribution is 7.08. The summed E-state index contributed by atoms with van der Waals surface area (Å²) in [7, 11) is 0. The molecular formula is C11H8FNOS. The van der Waals surface area contributed by atoms with Crippen molar-refractivity contribution in [3.05, 3.63) is 51.7 Å². The first-order chi connectivity index (χ1) is 7.20. The molecule has 4 heteroatoms. The quantitative estimate of drug-likeness (QED) is 0.730. The molecule has 0 aliphatic carbocycles. The van der Waals surface area contributed by atoms with Crippen LogP contribution in [0.2, 0.25) is 0 Å². The van der Waals surface area contributed by atoms with Crippen molar-refractivity contribution in [2.45, 2.75) is 6.92 Å². The molecule has 0 N–H and O–H groups in total. The monoisotopic (exact) mass is 221 g/mol. The molecule has 76 valence electrons. The summed E-state index contributed by atoms with van der Waals surface area (Å²) >= 11 is 1.44. The number of ketones is 1. The van der Waals surface area contributed by atoms with Crippen molar-refractivity contribution in [1.82, 2.24) is 4.98 Å². The van der Waals surface area contributed by atoms with Crippen molar-refractivity contribution in [3.8, 4) is 0 Å². The molecule has 0 aromatic carbocycles. The normalized spacial score (nSPS) is 10.3. The van der Waals surface area contributed by atoms with E-state index in [-0.39, 0.29) is 11.3 Å². The number of carbonyl (C=O) groups is 1. The maximum Gasteiger partial charge on any atom is 0.197 e. The Morgan fingerprint density at radius 3 is 2.80 bits per heavy atom. The van der Waals surface area contributed by atoms with E-state index in [0.29, 0.717) is 5.56 Å². The first-order valence-corrected chi connectivity index (χ1v) is 5.31. The fourth-order valence-corrected chi connectivity index (χ4v) is 2.13. The summed E-state index contributed by atoms with van der Waals surface area (Å²) in [5.74, 6) is -0.859. The molecule has 0 aliphatic heterocycles. The summed E-state index contributed by atoms with van der Waals surface area (Å²) in [5, 5.41) is 3.60. The van der Waals surface area contributed by atoms with Crippen LogP contribution < -0.4 is 0 Å². The van der Waals surface area contributed by atoms with Crippen LogP contribution in [-0.4, -0.2) is 10.8 Å². The van der Waals surface area contributed by atoms with E-state index in [1.165, 1.54) is 23.6 Å². The van der Waals surface area contributed by atoms with Crippen LogP contribution in [0.4, 0.5) is 4.39 Å². The second-order valence-corrected chi connectivity index (χ2v) is 3.90. The van der Waals surface area contributed by atoms with Crippen LogP contribution in [0.15, 0.2) is 29.2 Å². The van der Waals surface area contributed by atoms with Gasteiger partial charge in [0.25, 0.3) is 0 Å². The maximum atomic E-state index is 13.3. The van der Waals surface area contributed by atoms with Crippen LogP contribution >= 0.6 is 11.3 Å². The Bertz CT molecular complexity index is 507. The minimum atomic E-state index is -0.576. The molecular weight excluding hydrogens is 213 g/mol. The number of hydrogen-bond acceptors (Lipinski definition) is 3. The summed E-state index contributed by atoms with van der Waals surface area (Å²) in [6.07, 6.45) is 2.47. The van der Waals surface area contributed by atoms with Crippen LogP contribution in [0.5, 0.6) is 0 Å². The van der Waals surface area contributed by atoms with E-state index >= 15 is 0 Å². The number of nitrogens with zero attached hydrogens (tertiary/aromatic N) is 1. The fraction of sp³-hybridized carbons (Fsp3) is 0.0909. The van der Waals surface area contributed by atoms with Crippen molar-refractivity contribution < 1.29 is 9.18 Å². The lowest BCUT2D eigenvalue weighted by molar-refractivity contribution is 0.103. The van der Waals surface area contributed by atoms with E-state index in [0.717, 1.165) is 11.8 Å². The van der Waals surface area contributed by atoms with Gasteiger partial charge in [0.15, 0.2) is 11.6 Å². The smallest absolute Gasteiger partial charge is 0.197 e. The Morgan fingerprint density at radius 1 is 1.40 bits per heavy atom. The third-order valence-electron chi connectivity index (χ3n) is 2.12. The van der Waals surface area contributed by atoms with Gasteiger partial charge in [-0.15, -0.1) is 0 Å². The van der Waals surface area contributed by atoms with Gasteiger partial charge >= 0.3 is 0 Å². The zero-order valence-corrected chi connectivity index (χ0v) is 8.84. The molecule has 2 heterocycles. The summed E-state index contributed by atoms with van der Waals surface area (Å²) in [5.41, 5.74) is 1.51. The SMILES string of the molecule is Cc1cscc1C(=O)c1ccncc1F. The zero-order valence-electron chi connectivity index (χ0n) is 8.03. The van der Waals surface area contributed by atoms with Gasteiger partial charge in [0.05, 0.1) is 11.8 Å². The molecule has 0 aliphatic rings. The van der Waals surface area contributed by atoms with Gasteiger partial charge in [-0.3, -0.25) is 9.78 Å². The van der Waals surface area contributed by atoms with E-state index in [4.69, 9.17) is 0 Å². The average molecular weight is 221 g/mol. The summed E-state index contributed by atoms with van der Waals surface area (Å²) in [6.45, 7) is 1.84. The Hall–Kier alpha value is -1.55. The van der Waals surface area contributed by atoms with Gasteiger partial charge in [0.1, 0.15) is 0 Å². The number of aryl methyl sites for hydroxylation is 1. The lowest BCUT2D eigenvalue weighted by Gasteiger charge is -2.00. The molecule has 2 rings (SSSR count). The number of halogens is 1. The van der Waals surface area contributed by atoms with E-state index < -0.39 is 5.82 Å². The third-order valence-corrected chi connectivity index (χ3v) is 2.98. The van der Waals surface area contributed by atoms with E-state index in [1.807, 2.05) is 12.3 Å². The number of pyridine rings is 1. The van der Waals surface area contributed by atoms with Gasteiger partial charge in [-0.05, 0) is 23.9 Å². The first-order valence-electron chi connectivity index (χ1n) is 4.37. The van der Waals surface area contributed by atoms with Gasteiger partial charge in [0.2, 0.25) is 0 Å². The van der Waals surface area contributed by atoms with Gasteiger partial charge < -0.3 is 0 Å². The molecule has 2 aromatic rings. The molecule has 0 fully saturated rings. The van der Waals surface area contributed by atoms with E-state index in [2.05, 4.69) is 4.98 Å². The van der Waals surface area contributed by atoms with Crippen molar-refractivity contribution in [2.24, 2.45) is 0 Å². The number of aromatic nitrogens is 1. The van der Waals surface area contributed by atoms with Crippen molar-refractivity contribution in [2.75, 3.05) is 0 Å². The predicted molar refractivity (Wildman–Crippen MR) is 56.7 cm³/mol. The third kappa shape index (κ3) is 1.80. The molecule has 0 atom stereocenters. The summed E-state index contributed by atoms with van der Waals surface area (Å²) < 4.78 is 13.3. The Morgan fingerprint density at radius 2 is 2.20 bits per heavy atom. The molecule has 0 saturated heterocycles. The van der Waals surface area contributed by atoms with E-state index in [1.54, 1.807) is 5.38 Å². The number of hydrogen-bond donors (Lipinski definition) is 0.